The number of halogens is 1. The maximum atomic E-state index is 13.1. The highest BCUT2D eigenvalue weighted by molar-refractivity contribution is 7.86. The number of hydrogen-bond acceptors (Lipinski definition) is 5. The number of anilines is 1. The molecule has 0 aliphatic carbocycles. The van der Waals surface area contributed by atoms with Gasteiger partial charge in [0.1, 0.15) is 4.90 Å². The average Bonchev–Trinajstić information content (AvgIpc) is 2.87. The molecule has 128 valence electrons. The van der Waals surface area contributed by atoms with E-state index in [9.17, 15) is 21.9 Å². The third kappa shape index (κ3) is 3.48. The number of hydrogen-bond donors (Lipinski definition) is 0. The zero-order chi connectivity index (χ0) is 17.3. The fourth-order valence-corrected chi connectivity index (χ4v) is 3.58. The van der Waals surface area contributed by atoms with Crippen LogP contribution in [0.4, 0.5) is 9.57 Å². The number of carbonyl (C=O) groups is 2. The SMILES string of the molecule is O=C1C=CC(=O)N1CC1CCN(c2cccc(S(=O)(=O)F)c2)CC1. The molecule has 3 rings (SSSR count). The Morgan fingerprint density at radius 3 is 2.29 bits per heavy atom. The lowest BCUT2D eigenvalue weighted by atomic mass is 9.96. The highest BCUT2D eigenvalue weighted by Crippen LogP contribution is 2.26. The summed E-state index contributed by atoms with van der Waals surface area (Å²) in [6.45, 7) is 1.71. The smallest absolute Gasteiger partial charge is 0.332 e. The number of carbonyl (C=O) groups excluding carboxylic acids is 2. The molecule has 1 aromatic carbocycles. The van der Waals surface area contributed by atoms with E-state index in [2.05, 4.69) is 0 Å². The van der Waals surface area contributed by atoms with Crippen molar-refractivity contribution >= 4 is 27.7 Å². The van der Waals surface area contributed by atoms with Crippen LogP contribution in [-0.2, 0) is 19.8 Å². The van der Waals surface area contributed by atoms with E-state index in [0.29, 0.717) is 25.3 Å². The number of rotatable bonds is 4. The van der Waals surface area contributed by atoms with Crippen LogP contribution in [0.2, 0.25) is 0 Å². The summed E-state index contributed by atoms with van der Waals surface area (Å²) in [5, 5.41) is 0. The molecule has 2 aliphatic heterocycles. The van der Waals surface area contributed by atoms with Gasteiger partial charge < -0.3 is 4.90 Å². The molecule has 2 aliphatic rings. The Kier molecular flexibility index (Phi) is 4.40. The van der Waals surface area contributed by atoms with Crippen molar-refractivity contribution in [3.63, 3.8) is 0 Å². The maximum Gasteiger partial charge on any atom is 0.332 e. The number of amides is 2. The molecule has 0 spiro atoms. The van der Waals surface area contributed by atoms with E-state index >= 15 is 0 Å². The summed E-state index contributed by atoms with van der Waals surface area (Å²) < 4.78 is 35.1. The number of nitrogens with zero attached hydrogens (tertiary/aromatic N) is 2. The van der Waals surface area contributed by atoms with Gasteiger partial charge in [0.15, 0.2) is 0 Å². The van der Waals surface area contributed by atoms with E-state index in [4.69, 9.17) is 0 Å². The Bertz CT molecular complexity index is 780. The Hall–Kier alpha value is -2.22. The second kappa shape index (κ2) is 6.35. The molecule has 8 heteroatoms. The van der Waals surface area contributed by atoms with Crippen molar-refractivity contribution in [3.8, 4) is 0 Å². The molecule has 0 radical (unpaired) electrons. The van der Waals surface area contributed by atoms with Crippen molar-refractivity contribution in [2.75, 3.05) is 24.5 Å². The molecule has 0 unspecified atom stereocenters. The topological polar surface area (TPSA) is 74.8 Å². The first-order chi connectivity index (χ1) is 11.3. The minimum Gasteiger partial charge on any atom is -0.371 e. The summed E-state index contributed by atoms with van der Waals surface area (Å²) >= 11 is 0. The van der Waals surface area contributed by atoms with Crippen LogP contribution >= 0.6 is 0 Å². The van der Waals surface area contributed by atoms with E-state index in [-0.39, 0.29) is 22.6 Å². The first kappa shape index (κ1) is 16.6. The summed E-state index contributed by atoms with van der Waals surface area (Å²) in [5.41, 5.74) is 0.655. The highest BCUT2D eigenvalue weighted by atomic mass is 32.3. The van der Waals surface area contributed by atoms with Crippen molar-refractivity contribution in [1.82, 2.24) is 4.90 Å². The molecule has 0 bridgehead atoms. The van der Waals surface area contributed by atoms with Crippen molar-refractivity contribution in [3.05, 3.63) is 36.4 Å². The molecule has 0 atom stereocenters. The molecule has 1 aromatic rings. The lowest BCUT2D eigenvalue weighted by Crippen LogP contribution is -2.40. The molecule has 0 aromatic heterocycles. The van der Waals surface area contributed by atoms with Gasteiger partial charge in [0, 0.05) is 37.5 Å². The minimum absolute atomic E-state index is 0.210. The third-order valence-corrected chi connectivity index (χ3v) is 5.24. The van der Waals surface area contributed by atoms with E-state index in [0.717, 1.165) is 12.8 Å². The van der Waals surface area contributed by atoms with E-state index < -0.39 is 10.2 Å². The van der Waals surface area contributed by atoms with Gasteiger partial charge in [0.05, 0.1) is 0 Å². The quantitative estimate of drug-likeness (QED) is 0.606. The lowest BCUT2D eigenvalue weighted by molar-refractivity contribution is -0.137. The monoisotopic (exact) mass is 352 g/mol. The third-order valence-electron chi connectivity index (χ3n) is 4.42. The summed E-state index contributed by atoms with van der Waals surface area (Å²) in [7, 11) is -4.72. The molecule has 1 fully saturated rings. The molecule has 0 saturated carbocycles. The zero-order valence-corrected chi connectivity index (χ0v) is 13.7. The van der Waals surface area contributed by atoms with Crippen molar-refractivity contribution in [1.29, 1.82) is 0 Å². The second-order valence-electron chi connectivity index (χ2n) is 5.99. The fraction of sp³-hybridized carbons (Fsp3) is 0.375. The molecular formula is C16H17FN2O4S. The first-order valence-corrected chi connectivity index (χ1v) is 9.06. The Labute approximate surface area is 139 Å². The standard InChI is InChI=1S/C16H17FN2O4S/c17-24(22,23)14-3-1-2-13(10-14)18-8-6-12(7-9-18)11-19-15(20)4-5-16(19)21/h1-5,10,12H,6-9,11H2. The largest absolute Gasteiger partial charge is 0.371 e. The molecule has 6 nitrogen and oxygen atoms in total. The lowest BCUT2D eigenvalue weighted by Gasteiger charge is -2.35. The minimum atomic E-state index is -4.72. The van der Waals surface area contributed by atoms with Crippen molar-refractivity contribution in [2.45, 2.75) is 17.7 Å². The molecule has 24 heavy (non-hydrogen) atoms. The Morgan fingerprint density at radius 1 is 1.08 bits per heavy atom. The van der Waals surface area contributed by atoms with Gasteiger partial charge >= 0.3 is 10.2 Å². The summed E-state index contributed by atoms with van der Waals surface area (Å²) in [6, 6.07) is 5.81. The molecular weight excluding hydrogens is 335 g/mol. The van der Waals surface area contributed by atoms with E-state index in [1.807, 2.05) is 4.90 Å². The van der Waals surface area contributed by atoms with E-state index in [1.165, 1.54) is 35.3 Å². The summed E-state index contributed by atoms with van der Waals surface area (Å²) in [6.07, 6.45) is 4.09. The van der Waals surface area contributed by atoms with Crippen LogP contribution < -0.4 is 4.90 Å². The maximum absolute atomic E-state index is 13.1. The normalized spacial score (nSPS) is 19.4. The predicted molar refractivity (Wildman–Crippen MR) is 85.5 cm³/mol. The second-order valence-corrected chi connectivity index (χ2v) is 7.33. The zero-order valence-electron chi connectivity index (χ0n) is 12.9. The molecule has 2 heterocycles. The predicted octanol–water partition coefficient (Wildman–Crippen LogP) is 1.49. The van der Waals surface area contributed by atoms with Crippen LogP contribution in [-0.4, -0.2) is 44.8 Å². The molecule has 2 amide bonds. The number of piperidine rings is 1. The highest BCUT2D eigenvalue weighted by Gasteiger charge is 2.28. The van der Waals surface area contributed by atoms with Gasteiger partial charge in [-0.15, -0.1) is 3.89 Å². The summed E-state index contributed by atoms with van der Waals surface area (Å²) in [5.74, 6) is -0.339. The molecule has 1 saturated heterocycles. The van der Waals surface area contributed by atoms with Crippen LogP contribution in [0.25, 0.3) is 0 Å². The number of imide groups is 1. The fourth-order valence-electron chi connectivity index (χ4n) is 3.07. The van der Waals surface area contributed by atoms with Crippen LogP contribution in [0, 0.1) is 5.92 Å². The summed E-state index contributed by atoms with van der Waals surface area (Å²) in [4.78, 5) is 26.1. The Balaban J connectivity index is 1.61. The number of benzene rings is 1. The van der Waals surface area contributed by atoms with Crippen LogP contribution in [0.5, 0.6) is 0 Å². The van der Waals surface area contributed by atoms with Gasteiger partial charge in [-0.25, -0.2) is 0 Å². The first-order valence-electron chi connectivity index (χ1n) is 7.68. The molecule has 0 N–H and O–H groups in total. The van der Waals surface area contributed by atoms with Gasteiger partial charge in [0.25, 0.3) is 11.8 Å². The van der Waals surface area contributed by atoms with Gasteiger partial charge in [-0.05, 0) is 37.0 Å². The average molecular weight is 352 g/mol. The Morgan fingerprint density at radius 2 is 1.71 bits per heavy atom. The van der Waals surface area contributed by atoms with Crippen LogP contribution in [0.15, 0.2) is 41.3 Å². The van der Waals surface area contributed by atoms with Gasteiger partial charge in [0.2, 0.25) is 0 Å². The van der Waals surface area contributed by atoms with Gasteiger partial charge in [-0.3, -0.25) is 14.5 Å². The van der Waals surface area contributed by atoms with E-state index in [1.54, 1.807) is 6.07 Å². The van der Waals surface area contributed by atoms with Gasteiger partial charge in [-0.1, -0.05) is 6.07 Å². The van der Waals surface area contributed by atoms with Gasteiger partial charge in [-0.2, -0.15) is 8.42 Å². The van der Waals surface area contributed by atoms with Crippen LogP contribution in [0.3, 0.4) is 0 Å². The van der Waals surface area contributed by atoms with Crippen molar-refractivity contribution in [2.24, 2.45) is 5.92 Å². The van der Waals surface area contributed by atoms with Crippen molar-refractivity contribution < 1.29 is 21.9 Å². The van der Waals surface area contributed by atoms with Crippen LogP contribution in [0.1, 0.15) is 12.8 Å².